The van der Waals surface area contributed by atoms with Gasteiger partial charge in [0.1, 0.15) is 0 Å². The predicted octanol–water partition coefficient (Wildman–Crippen LogP) is 4.76. The van der Waals surface area contributed by atoms with Crippen molar-refractivity contribution in [3.05, 3.63) is 29.7 Å². The molecule has 6 heteroatoms. The number of unbranched alkanes of at least 4 members (excludes halogenated alkanes) is 2. The smallest absolute Gasteiger partial charge is 0.151 e. The molecule has 2 rings (SSSR count). The Morgan fingerprint density at radius 2 is 2.00 bits per heavy atom. The second-order valence-electron chi connectivity index (χ2n) is 6.01. The number of hydrogen-bond donors (Lipinski definition) is 0. The van der Waals surface area contributed by atoms with Crippen LogP contribution in [0.15, 0.2) is 24.5 Å². The van der Waals surface area contributed by atoms with Gasteiger partial charge >= 0.3 is 0 Å². The molecular formula is C18H27ClN4O. The summed E-state index contributed by atoms with van der Waals surface area (Å²) in [5.74, 6) is 0. The zero-order valence-corrected chi connectivity index (χ0v) is 15.4. The van der Waals surface area contributed by atoms with Crippen molar-refractivity contribution in [3.63, 3.8) is 0 Å². The van der Waals surface area contributed by atoms with Crippen LogP contribution < -0.4 is 0 Å². The summed E-state index contributed by atoms with van der Waals surface area (Å²) in [7, 11) is 0. The second-order valence-corrected chi connectivity index (χ2v) is 6.40. The number of hydrogen-bond acceptors (Lipinski definition) is 4. The molecular weight excluding hydrogens is 324 g/mol. The van der Waals surface area contributed by atoms with E-state index in [4.69, 9.17) is 16.3 Å². The van der Waals surface area contributed by atoms with Crippen molar-refractivity contribution in [3.8, 4) is 11.3 Å². The van der Waals surface area contributed by atoms with E-state index in [1.165, 1.54) is 19.3 Å². The Labute approximate surface area is 149 Å². The lowest BCUT2D eigenvalue weighted by atomic mass is 10.1. The SMILES string of the molecule is CCCCCC(CCC)OCCn1cc(-c2ccc(Cl)nn2)cn1. The van der Waals surface area contributed by atoms with Gasteiger partial charge in [0.05, 0.1) is 31.1 Å². The van der Waals surface area contributed by atoms with E-state index in [9.17, 15) is 0 Å². The first-order chi connectivity index (χ1) is 11.7. The highest BCUT2D eigenvalue weighted by molar-refractivity contribution is 6.29. The third-order valence-corrected chi connectivity index (χ3v) is 4.18. The zero-order chi connectivity index (χ0) is 17.2. The maximum absolute atomic E-state index is 6.06. The van der Waals surface area contributed by atoms with Gasteiger partial charge in [0, 0.05) is 11.8 Å². The molecule has 0 spiro atoms. The van der Waals surface area contributed by atoms with E-state index >= 15 is 0 Å². The molecule has 0 amide bonds. The van der Waals surface area contributed by atoms with Gasteiger partial charge in [-0.2, -0.15) is 5.10 Å². The monoisotopic (exact) mass is 350 g/mol. The van der Waals surface area contributed by atoms with Crippen LogP contribution in [0.25, 0.3) is 11.3 Å². The summed E-state index contributed by atoms with van der Waals surface area (Å²) in [5, 5.41) is 12.7. The van der Waals surface area contributed by atoms with Gasteiger partial charge in [-0.15, -0.1) is 10.2 Å². The largest absolute Gasteiger partial charge is 0.376 e. The van der Waals surface area contributed by atoms with E-state index in [1.807, 2.05) is 16.9 Å². The molecule has 0 aromatic carbocycles. The molecule has 5 nitrogen and oxygen atoms in total. The Morgan fingerprint density at radius 1 is 1.12 bits per heavy atom. The predicted molar refractivity (Wildman–Crippen MR) is 97.1 cm³/mol. The van der Waals surface area contributed by atoms with Crippen LogP contribution in [0.2, 0.25) is 5.15 Å². The highest BCUT2D eigenvalue weighted by Gasteiger charge is 2.09. The van der Waals surface area contributed by atoms with Gasteiger partial charge in [-0.1, -0.05) is 51.1 Å². The summed E-state index contributed by atoms with van der Waals surface area (Å²) in [6, 6.07) is 3.58. The van der Waals surface area contributed by atoms with Crippen LogP contribution in [-0.4, -0.2) is 32.7 Å². The summed E-state index contributed by atoms with van der Waals surface area (Å²) in [6.45, 7) is 5.87. The molecule has 2 aromatic heterocycles. The van der Waals surface area contributed by atoms with Crippen LogP contribution in [0.3, 0.4) is 0 Å². The van der Waals surface area contributed by atoms with Crippen LogP contribution in [0.4, 0.5) is 0 Å². The molecule has 1 atom stereocenters. The molecule has 0 fully saturated rings. The lowest BCUT2D eigenvalue weighted by Crippen LogP contribution is -2.16. The van der Waals surface area contributed by atoms with Crippen molar-refractivity contribution in [2.45, 2.75) is 65.0 Å². The Morgan fingerprint density at radius 3 is 2.71 bits per heavy atom. The summed E-state index contributed by atoms with van der Waals surface area (Å²) in [5.41, 5.74) is 1.71. The minimum Gasteiger partial charge on any atom is -0.376 e. The van der Waals surface area contributed by atoms with Gasteiger partial charge in [-0.05, 0) is 25.0 Å². The minimum absolute atomic E-state index is 0.374. The fraction of sp³-hybridized carbons (Fsp3) is 0.611. The van der Waals surface area contributed by atoms with Crippen molar-refractivity contribution in [2.75, 3.05) is 6.61 Å². The fourth-order valence-corrected chi connectivity index (χ4v) is 2.76. The molecule has 0 bridgehead atoms. The molecule has 24 heavy (non-hydrogen) atoms. The van der Waals surface area contributed by atoms with E-state index < -0.39 is 0 Å². The zero-order valence-electron chi connectivity index (χ0n) is 14.6. The third-order valence-electron chi connectivity index (χ3n) is 3.98. The van der Waals surface area contributed by atoms with E-state index in [1.54, 1.807) is 12.3 Å². The maximum atomic E-state index is 6.06. The van der Waals surface area contributed by atoms with Crippen LogP contribution in [0.5, 0.6) is 0 Å². The molecule has 0 aliphatic rings. The highest BCUT2D eigenvalue weighted by atomic mass is 35.5. The lowest BCUT2D eigenvalue weighted by Gasteiger charge is -2.17. The van der Waals surface area contributed by atoms with E-state index in [2.05, 4.69) is 29.1 Å². The number of rotatable bonds is 11. The molecule has 0 N–H and O–H groups in total. The topological polar surface area (TPSA) is 52.8 Å². The summed E-state index contributed by atoms with van der Waals surface area (Å²) < 4.78 is 7.95. The molecule has 0 saturated heterocycles. The van der Waals surface area contributed by atoms with Crippen molar-refractivity contribution in [1.82, 2.24) is 20.0 Å². The molecule has 0 radical (unpaired) electrons. The quantitative estimate of drug-likeness (QED) is 0.548. The van der Waals surface area contributed by atoms with Crippen molar-refractivity contribution in [1.29, 1.82) is 0 Å². The van der Waals surface area contributed by atoms with Gasteiger partial charge in [-0.25, -0.2) is 0 Å². The molecule has 0 aliphatic carbocycles. The van der Waals surface area contributed by atoms with Crippen molar-refractivity contribution in [2.24, 2.45) is 0 Å². The summed E-state index contributed by atoms with van der Waals surface area (Å²) >= 11 is 5.76. The Hall–Kier alpha value is -1.46. The Kier molecular flexibility index (Phi) is 8.19. The first-order valence-electron chi connectivity index (χ1n) is 8.86. The standard InChI is InChI=1S/C18H27ClN4O/c1-3-5-6-8-16(7-4-2)24-12-11-23-14-15(13-20-23)17-9-10-18(19)22-21-17/h9-10,13-14,16H,3-8,11-12H2,1-2H3. The summed E-state index contributed by atoms with van der Waals surface area (Å²) in [4.78, 5) is 0. The number of halogens is 1. The number of aromatic nitrogens is 4. The van der Waals surface area contributed by atoms with Crippen LogP contribution in [0, 0.1) is 0 Å². The summed E-state index contributed by atoms with van der Waals surface area (Å²) in [6.07, 6.45) is 11.4. The average Bonchev–Trinajstić information content (AvgIpc) is 3.04. The van der Waals surface area contributed by atoms with Gasteiger partial charge in [0.15, 0.2) is 5.15 Å². The third kappa shape index (κ3) is 6.21. The van der Waals surface area contributed by atoms with E-state index in [0.717, 1.165) is 37.1 Å². The van der Waals surface area contributed by atoms with Gasteiger partial charge in [0.2, 0.25) is 0 Å². The average molecular weight is 351 g/mol. The van der Waals surface area contributed by atoms with Gasteiger partial charge in [-0.3, -0.25) is 4.68 Å². The lowest BCUT2D eigenvalue weighted by molar-refractivity contribution is 0.0334. The minimum atomic E-state index is 0.374. The van der Waals surface area contributed by atoms with Gasteiger partial charge < -0.3 is 4.74 Å². The normalized spacial score (nSPS) is 12.5. The van der Waals surface area contributed by atoms with Crippen LogP contribution in [0.1, 0.15) is 52.4 Å². The molecule has 0 saturated carbocycles. The molecule has 132 valence electrons. The fourth-order valence-electron chi connectivity index (χ4n) is 2.66. The van der Waals surface area contributed by atoms with Crippen LogP contribution in [-0.2, 0) is 11.3 Å². The number of nitrogens with zero attached hydrogens (tertiary/aromatic N) is 4. The van der Waals surface area contributed by atoms with E-state index in [-0.39, 0.29) is 0 Å². The Balaban J connectivity index is 1.80. The molecule has 0 aliphatic heterocycles. The van der Waals surface area contributed by atoms with Crippen molar-refractivity contribution < 1.29 is 4.74 Å². The first-order valence-corrected chi connectivity index (χ1v) is 9.24. The molecule has 1 unspecified atom stereocenters. The van der Waals surface area contributed by atoms with Crippen LogP contribution >= 0.6 is 11.6 Å². The second kappa shape index (κ2) is 10.4. The molecule has 2 heterocycles. The van der Waals surface area contributed by atoms with Gasteiger partial charge in [0.25, 0.3) is 0 Å². The van der Waals surface area contributed by atoms with E-state index in [0.29, 0.717) is 17.9 Å². The maximum Gasteiger partial charge on any atom is 0.151 e. The first kappa shape index (κ1) is 18.9. The van der Waals surface area contributed by atoms with Crippen molar-refractivity contribution >= 4 is 11.6 Å². The highest BCUT2D eigenvalue weighted by Crippen LogP contribution is 2.16. The molecule has 2 aromatic rings. The Bertz CT molecular complexity index is 585. The number of ether oxygens (including phenoxy) is 1.